The molecule has 0 aromatic carbocycles. The number of halogens is 1. The van der Waals surface area contributed by atoms with Gasteiger partial charge in [-0.2, -0.15) is 11.3 Å². The van der Waals surface area contributed by atoms with Crippen molar-refractivity contribution in [3.05, 3.63) is 43.7 Å². The Morgan fingerprint density at radius 2 is 2.20 bits per heavy atom. The minimum atomic E-state index is 0.865. The fraction of sp³-hybridized carbons (Fsp3) is 0.273. The van der Waals surface area contributed by atoms with Gasteiger partial charge in [0.15, 0.2) is 0 Å². The molecule has 0 bridgehead atoms. The monoisotopic (exact) mass is 257 g/mol. The molecule has 0 aliphatic carbocycles. The van der Waals surface area contributed by atoms with E-state index in [1.807, 2.05) is 6.07 Å². The smallest absolute Gasteiger partial charge is 0.0931 e. The van der Waals surface area contributed by atoms with Crippen molar-refractivity contribution in [1.82, 2.24) is 5.32 Å². The molecular formula is C11H12ClNS2. The number of hydrogen-bond donors (Lipinski definition) is 1. The standard InChI is InChI=1S/C11H12ClNS2/c12-11-2-1-10(15-11)7-13-5-3-9-4-6-14-8-9/h1-2,4,6,8,13H,3,5,7H2. The van der Waals surface area contributed by atoms with E-state index in [-0.39, 0.29) is 0 Å². The van der Waals surface area contributed by atoms with Crippen molar-refractivity contribution in [2.45, 2.75) is 13.0 Å². The first-order valence-corrected chi connectivity index (χ1v) is 6.94. The highest BCUT2D eigenvalue weighted by molar-refractivity contribution is 7.16. The third-order valence-corrected chi connectivity index (χ3v) is 4.06. The third kappa shape index (κ3) is 3.61. The van der Waals surface area contributed by atoms with Crippen LogP contribution in [0.25, 0.3) is 0 Å². The highest BCUT2D eigenvalue weighted by atomic mass is 35.5. The molecule has 0 saturated heterocycles. The van der Waals surface area contributed by atoms with E-state index in [2.05, 4.69) is 28.2 Å². The van der Waals surface area contributed by atoms with Crippen LogP contribution in [0.5, 0.6) is 0 Å². The highest BCUT2D eigenvalue weighted by Crippen LogP contribution is 2.20. The summed E-state index contributed by atoms with van der Waals surface area (Å²) in [6.07, 6.45) is 1.10. The zero-order chi connectivity index (χ0) is 10.5. The molecule has 0 fully saturated rings. The van der Waals surface area contributed by atoms with Crippen LogP contribution in [0.15, 0.2) is 29.0 Å². The summed E-state index contributed by atoms with van der Waals surface area (Å²) in [7, 11) is 0. The van der Waals surface area contributed by atoms with Gasteiger partial charge in [-0.15, -0.1) is 11.3 Å². The topological polar surface area (TPSA) is 12.0 Å². The summed E-state index contributed by atoms with van der Waals surface area (Å²) in [6, 6.07) is 6.20. The molecule has 2 heterocycles. The van der Waals surface area contributed by atoms with Crippen molar-refractivity contribution >= 4 is 34.3 Å². The van der Waals surface area contributed by atoms with Crippen molar-refractivity contribution in [2.24, 2.45) is 0 Å². The molecule has 1 N–H and O–H groups in total. The van der Waals surface area contributed by atoms with E-state index in [1.165, 1.54) is 10.4 Å². The third-order valence-electron chi connectivity index (χ3n) is 2.10. The quantitative estimate of drug-likeness (QED) is 0.804. The first kappa shape index (κ1) is 11.1. The summed E-state index contributed by atoms with van der Waals surface area (Å²) < 4.78 is 0.865. The molecule has 0 amide bonds. The first-order valence-electron chi connectivity index (χ1n) is 4.80. The van der Waals surface area contributed by atoms with Crippen LogP contribution in [0.2, 0.25) is 4.34 Å². The van der Waals surface area contributed by atoms with Gasteiger partial charge in [0.2, 0.25) is 0 Å². The molecule has 0 atom stereocenters. The summed E-state index contributed by atoms with van der Waals surface area (Å²) in [5.74, 6) is 0. The lowest BCUT2D eigenvalue weighted by atomic mass is 10.2. The largest absolute Gasteiger partial charge is 0.312 e. The van der Waals surface area contributed by atoms with Crippen molar-refractivity contribution in [3.8, 4) is 0 Å². The Labute approximate surface area is 103 Å². The fourth-order valence-corrected chi connectivity index (χ4v) is 3.09. The molecule has 0 aliphatic rings. The molecule has 2 aromatic rings. The van der Waals surface area contributed by atoms with Crippen LogP contribution < -0.4 is 5.32 Å². The van der Waals surface area contributed by atoms with Gasteiger partial charge in [-0.3, -0.25) is 0 Å². The predicted octanol–water partition coefficient (Wildman–Crippen LogP) is 3.80. The second kappa shape index (κ2) is 5.66. The normalized spacial score (nSPS) is 10.7. The molecule has 80 valence electrons. The number of thiophene rings is 2. The Balaban J connectivity index is 1.67. The zero-order valence-corrected chi connectivity index (χ0v) is 10.6. The molecule has 0 spiro atoms. The van der Waals surface area contributed by atoms with Crippen LogP contribution in [0, 0.1) is 0 Å². The van der Waals surface area contributed by atoms with Gasteiger partial charge in [0.05, 0.1) is 4.34 Å². The molecular weight excluding hydrogens is 246 g/mol. The van der Waals surface area contributed by atoms with Gasteiger partial charge >= 0.3 is 0 Å². The lowest BCUT2D eigenvalue weighted by Gasteiger charge is -2.01. The fourth-order valence-electron chi connectivity index (χ4n) is 1.33. The van der Waals surface area contributed by atoms with Crippen molar-refractivity contribution in [1.29, 1.82) is 0 Å². The van der Waals surface area contributed by atoms with E-state index in [0.717, 1.165) is 23.8 Å². The lowest BCUT2D eigenvalue weighted by molar-refractivity contribution is 0.694. The SMILES string of the molecule is Clc1ccc(CNCCc2ccsc2)s1. The maximum Gasteiger partial charge on any atom is 0.0931 e. The van der Waals surface area contributed by atoms with E-state index in [1.54, 1.807) is 22.7 Å². The van der Waals surface area contributed by atoms with E-state index < -0.39 is 0 Å². The lowest BCUT2D eigenvalue weighted by Crippen LogP contribution is -2.15. The minimum absolute atomic E-state index is 0.865. The van der Waals surface area contributed by atoms with Crippen LogP contribution in [0.3, 0.4) is 0 Å². The average Bonchev–Trinajstić information content (AvgIpc) is 2.84. The van der Waals surface area contributed by atoms with Crippen LogP contribution in [-0.2, 0) is 13.0 Å². The van der Waals surface area contributed by atoms with Gasteiger partial charge in [-0.1, -0.05) is 11.6 Å². The number of hydrogen-bond acceptors (Lipinski definition) is 3. The maximum absolute atomic E-state index is 5.85. The van der Waals surface area contributed by atoms with Gasteiger partial charge in [0.25, 0.3) is 0 Å². The van der Waals surface area contributed by atoms with E-state index in [9.17, 15) is 0 Å². The molecule has 2 rings (SSSR count). The van der Waals surface area contributed by atoms with E-state index in [0.29, 0.717) is 0 Å². The van der Waals surface area contributed by atoms with E-state index in [4.69, 9.17) is 11.6 Å². The highest BCUT2D eigenvalue weighted by Gasteiger charge is 1.97. The molecule has 0 saturated carbocycles. The van der Waals surface area contributed by atoms with Gasteiger partial charge in [0, 0.05) is 11.4 Å². The molecule has 0 radical (unpaired) electrons. The number of rotatable bonds is 5. The summed E-state index contributed by atoms with van der Waals surface area (Å²) >= 11 is 9.24. The summed E-state index contributed by atoms with van der Waals surface area (Å²) in [5, 5.41) is 7.73. The van der Waals surface area contributed by atoms with Crippen molar-refractivity contribution in [3.63, 3.8) is 0 Å². The van der Waals surface area contributed by atoms with Gasteiger partial charge in [0.1, 0.15) is 0 Å². The Bertz CT molecular complexity index is 394. The maximum atomic E-state index is 5.85. The minimum Gasteiger partial charge on any atom is -0.312 e. The summed E-state index contributed by atoms with van der Waals surface area (Å²) in [6.45, 7) is 1.94. The van der Waals surface area contributed by atoms with Crippen molar-refractivity contribution in [2.75, 3.05) is 6.54 Å². The second-order valence-corrected chi connectivity index (χ2v) is 5.84. The Kier molecular flexibility index (Phi) is 4.20. The predicted molar refractivity (Wildman–Crippen MR) is 69.1 cm³/mol. The summed E-state index contributed by atoms with van der Waals surface area (Å²) in [5.41, 5.74) is 1.41. The van der Waals surface area contributed by atoms with Crippen LogP contribution >= 0.6 is 34.3 Å². The first-order chi connectivity index (χ1) is 7.34. The van der Waals surface area contributed by atoms with Gasteiger partial charge < -0.3 is 5.32 Å². The van der Waals surface area contributed by atoms with Crippen LogP contribution in [0.4, 0.5) is 0 Å². The summed E-state index contributed by atoms with van der Waals surface area (Å²) in [4.78, 5) is 1.30. The van der Waals surface area contributed by atoms with Crippen LogP contribution in [0.1, 0.15) is 10.4 Å². The van der Waals surface area contributed by atoms with E-state index >= 15 is 0 Å². The molecule has 4 heteroatoms. The molecule has 15 heavy (non-hydrogen) atoms. The van der Waals surface area contributed by atoms with Gasteiger partial charge in [-0.05, 0) is 47.5 Å². The van der Waals surface area contributed by atoms with Gasteiger partial charge in [-0.25, -0.2) is 0 Å². The Morgan fingerprint density at radius 3 is 2.87 bits per heavy atom. The number of nitrogens with one attached hydrogen (secondary N) is 1. The Hall–Kier alpha value is -0.350. The molecule has 0 unspecified atom stereocenters. The van der Waals surface area contributed by atoms with Crippen LogP contribution in [-0.4, -0.2) is 6.54 Å². The molecule has 1 nitrogen and oxygen atoms in total. The Morgan fingerprint density at radius 1 is 1.27 bits per heavy atom. The average molecular weight is 258 g/mol. The molecule has 2 aromatic heterocycles. The molecule has 0 aliphatic heterocycles. The van der Waals surface area contributed by atoms with Crippen molar-refractivity contribution < 1.29 is 0 Å². The second-order valence-electron chi connectivity index (χ2n) is 3.26. The zero-order valence-electron chi connectivity index (χ0n) is 8.20.